The van der Waals surface area contributed by atoms with Gasteiger partial charge in [0.05, 0.1) is 17.4 Å². The second kappa shape index (κ2) is 4.31. The summed E-state index contributed by atoms with van der Waals surface area (Å²) < 4.78 is 0. The van der Waals surface area contributed by atoms with Crippen LogP contribution in [-0.2, 0) is 0 Å². The van der Waals surface area contributed by atoms with E-state index in [-0.39, 0.29) is 5.91 Å². The van der Waals surface area contributed by atoms with E-state index in [4.69, 9.17) is 0 Å². The van der Waals surface area contributed by atoms with Gasteiger partial charge >= 0.3 is 0 Å². The van der Waals surface area contributed by atoms with Crippen molar-refractivity contribution in [2.75, 3.05) is 12.3 Å². The molecule has 0 radical (unpaired) electrons. The summed E-state index contributed by atoms with van der Waals surface area (Å²) >= 11 is 4.01. The summed E-state index contributed by atoms with van der Waals surface area (Å²) in [4.78, 5) is 22.5. The summed E-state index contributed by atoms with van der Waals surface area (Å²) in [7, 11) is 0. The van der Waals surface area contributed by atoms with Crippen LogP contribution in [0.15, 0.2) is 18.6 Å². The number of nitrogens with zero attached hydrogens (tertiary/aromatic N) is 2. The lowest BCUT2D eigenvalue weighted by atomic mass is 10.2. The van der Waals surface area contributed by atoms with Crippen molar-refractivity contribution in [3.63, 3.8) is 0 Å². The summed E-state index contributed by atoms with van der Waals surface area (Å²) in [5.41, 5.74) is 1.89. The van der Waals surface area contributed by atoms with Crippen molar-refractivity contribution in [3.05, 3.63) is 24.2 Å². The van der Waals surface area contributed by atoms with Crippen LogP contribution < -0.4 is 5.32 Å². The van der Waals surface area contributed by atoms with Crippen molar-refractivity contribution in [2.24, 2.45) is 0 Å². The third-order valence-corrected chi connectivity index (χ3v) is 2.16. The van der Waals surface area contributed by atoms with Crippen molar-refractivity contribution in [1.29, 1.82) is 0 Å². The largest absolute Gasteiger partial charge is 0.351 e. The highest BCUT2D eigenvalue weighted by Gasteiger charge is 2.06. The molecule has 0 unspecified atom stereocenters. The smallest absolute Gasteiger partial charge is 0.252 e. The molecular formula is C9H10N4OS. The van der Waals surface area contributed by atoms with E-state index in [9.17, 15) is 4.79 Å². The summed E-state index contributed by atoms with van der Waals surface area (Å²) in [5, 5.41) is 2.72. The van der Waals surface area contributed by atoms with E-state index in [1.54, 1.807) is 12.4 Å². The fraction of sp³-hybridized carbons (Fsp3) is 0.222. The molecule has 0 aliphatic carbocycles. The van der Waals surface area contributed by atoms with Crippen molar-refractivity contribution < 1.29 is 4.79 Å². The SMILES string of the molecule is O=C(NCCS)c1cnc2nc[nH]c2c1. The molecule has 2 aromatic rings. The maximum absolute atomic E-state index is 11.5. The molecule has 0 saturated heterocycles. The van der Waals surface area contributed by atoms with Gasteiger partial charge in [0, 0.05) is 18.5 Å². The zero-order chi connectivity index (χ0) is 10.7. The Kier molecular flexibility index (Phi) is 2.86. The Morgan fingerprint density at radius 3 is 3.20 bits per heavy atom. The van der Waals surface area contributed by atoms with Gasteiger partial charge in [0.2, 0.25) is 0 Å². The molecule has 78 valence electrons. The third kappa shape index (κ3) is 2.10. The number of thiol groups is 1. The van der Waals surface area contributed by atoms with E-state index >= 15 is 0 Å². The van der Waals surface area contributed by atoms with Gasteiger partial charge in [0.25, 0.3) is 5.91 Å². The molecule has 2 rings (SSSR count). The van der Waals surface area contributed by atoms with Crippen molar-refractivity contribution in [2.45, 2.75) is 0 Å². The minimum absolute atomic E-state index is 0.145. The number of nitrogens with one attached hydrogen (secondary N) is 2. The Hall–Kier alpha value is -1.56. The Morgan fingerprint density at radius 2 is 2.40 bits per heavy atom. The second-order valence-electron chi connectivity index (χ2n) is 2.98. The monoisotopic (exact) mass is 222 g/mol. The Bertz CT molecular complexity index is 482. The molecule has 0 saturated carbocycles. The van der Waals surface area contributed by atoms with Gasteiger partial charge in [-0.2, -0.15) is 12.6 Å². The number of amides is 1. The van der Waals surface area contributed by atoms with E-state index in [1.807, 2.05) is 0 Å². The molecule has 15 heavy (non-hydrogen) atoms. The maximum Gasteiger partial charge on any atom is 0.252 e. The van der Waals surface area contributed by atoms with Gasteiger partial charge in [-0.25, -0.2) is 9.97 Å². The number of fused-ring (bicyclic) bond motifs is 1. The standard InChI is InChI=1S/C9H10N4OS/c14-9(10-1-2-15)6-3-7-8(11-4-6)13-5-12-7/h3-5,15H,1-2H2,(H,10,14)(H,11,12,13). The number of carbonyl (C=O) groups excluding carboxylic acids is 1. The first kappa shape index (κ1) is 9.97. The maximum atomic E-state index is 11.5. The summed E-state index contributed by atoms with van der Waals surface area (Å²) in [6.45, 7) is 0.545. The number of hydrogen-bond donors (Lipinski definition) is 3. The van der Waals surface area contributed by atoms with Crippen LogP contribution >= 0.6 is 12.6 Å². The van der Waals surface area contributed by atoms with Crippen LogP contribution in [0.2, 0.25) is 0 Å². The van der Waals surface area contributed by atoms with E-state index in [0.29, 0.717) is 23.5 Å². The Balaban J connectivity index is 2.23. The quantitative estimate of drug-likeness (QED) is 0.667. The average molecular weight is 222 g/mol. The van der Waals surface area contributed by atoms with Crippen LogP contribution in [0, 0.1) is 0 Å². The summed E-state index contributed by atoms with van der Waals surface area (Å²) in [5.74, 6) is 0.471. The van der Waals surface area contributed by atoms with Gasteiger partial charge in [-0.3, -0.25) is 4.79 Å². The number of pyridine rings is 1. The van der Waals surface area contributed by atoms with Crippen molar-refractivity contribution >= 4 is 29.7 Å². The van der Waals surface area contributed by atoms with Crippen LogP contribution in [0.1, 0.15) is 10.4 Å². The van der Waals surface area contributed by atoms with Gasteiger partial charge in [-0.15, -0.1) is 0 Å². The number of hydrogen-bond acceptors (Lipinski definition) is 4. The average Bonchev–Trinajstić information content (AvgIpc) is 2.72. The normalized spacial score (nSPS) is 10.5. The lowest BCUT2D eigenvalue weighted by molar-refractivity contribution is 0.0956. The molecular weight excluding hydrogens is 212 g/mol. The fourth-order valence-corrected chi connectivity index (χ4v) is 1.34. The van der Waals surface area contributed by atoms with Crippen LogP contribution in [0.25, 0.3) is 11.2 Å². The molecule has 0 atom stereocenters. The number of H-pyrrole nitrogens is 1. The second-order valence-corrected chi connectivity index (χ2v) is 3.42. The predicted molar refractivity (Wildman–Crippen MR) is 60.1 cm³/mol. The number of aromatic amines is 1. The first-order chi connectivity index (χ1) is 7.31. The molecule has 2 aromatic heterocycles. The van der Waals surface area contributed by atoms with Crippen molar-refractivity contribution in [3.8, 4) is 0 Å². The molecule has 0 bridgehead atoms. The molecule has 0 aromatic carbocycles. The molecule has 0 spiro atoms. The van der Waals surface area contributed by atoms with Gasteiger partial charge in [-0.1, -0.05) is 0 Å². The summed E-state index contributed by atoms with van der Waals surface area (Å²) in [6, 6.07) is 1.73. The minimum Gasteiger partial charge on any atom is -0.351 e. The highest BCUT2D eigenvalue weighted by Crippen LogP contribution is 2.07. The Labute approximate surface area is 91.7 Å². The first-order valence-electron chi connectivity index (χ1n) is 4.49. The van der Waals surface area contributed by atoms with Gasteiger partial charge < -0.3 is 10.3 Å². The highest BCUT2D eigenvalue weighted by atomic mass is 32.1. The lowest BCUT2D eigenvalue weighted by Crippen LogP contribution is -2.25. The molecule has 1 amide bonds. The zero-order valence-electron chi connectivity index (χ0n) is 7.90. The van der Waals surface area contributed by atoms with Crippen molar-refractivity contribution in [1.82, 2.24) is 20.3 Å². The van der Waals surface area contributed by atoms with Crippen LogP contribution in [0.4, 0.5) is 0 Å². The van der Waals surface area contributed by atoms with Crippen LogP contribution in [-0.4, -0.2) is 33.2 Å². The molecule has 0 aliphatic heterocycles. The predicted octanol–water partition coefficient (Wildman–Crippen LogP) is 0.618. The number of carbonyl (C=O) groups is 1. The number of imidazole rings is 1. The molecule has 2 heterocycles. The van der Waals surface area contributed by atoms with E-state index in [0.717, 1.165) is 5.52 Å². The zero-order valence-corrected chi connectivity index (χ0v) is 8.79. The fourth-order valence-electron chi connectivity index (χ4n) is 1.23. The molecule has 0 aliphatic rings. The molecule has 0 fully saturated rings. The van der Waals surface area contributed by atoms with E-state index in [1.165, 1.54) is 6.20 Å². The highest BCUT2D eigenvalue weighted by molar-refractivity contribution is 7.80. The molecule has 5 nitrogen and oxygen atoms in total. The number of aromatic nitrogens is 3. The van der Waals surface area contributed by atoms with Gasteiger partial charge in [-0.05, 0) is 6.07 Å². The lowest BCUT2D eigenvalue weighted by Gasteiger charge is -2.01. The Morgan fingerprint density at radius 1 is 1.53 bits per heavy atom. The molecule has 2 N–H and O–H groups in total. The minimum atomic E-state index is -0.145. The number of rotatable bonds is 3. The van der Waals surface area contributed by atoms with Gasteiger partial charge in [0.15, 0.2) is 5.65 Å². The topological polar surface area (TPSA) is 70.7 Å². The third-order valence-electron chi connectivity index (χ3n) is 1.93. The first-order valence-corrected chi connectivity index (χ1v) is 5.12. The van der Waals surface area contributed by atoms with Crippen LogP contribution in [0.5, 0.6) is 0 Å². The molecule has 6 heteroatoms. The van der Waals surface area contributed by atoms with E-state index < -0.39 is 0 Å². The van der Waals surface area contributed by atoms with Crippen LogP contribution in [0.3, 0.4) is 0 Å². The van der Waals surface area contributed by atoms with E-state index in [2.05, 4.69) is 32.9 Å². The van der Waals surface area contributed by atoms with Gasteiger partial charge in [0.1, 0.15) is 0 Å². The summed E-state index contributed by atoms with van der Waals surface area (Å²) in [6.07, 6.45) is 3.06.